The molecule has 0 saturated carbocycles. The first-order valence-electron chi connectivity index (χ1n) is 7.24. The Bertz CT molecular complexity index is 542. The Morgan fingerprint density at radius 3 is 2.42 bits per heavy atom. The van der Waals surface area contributed by atoms with Gasteiger partial charge in [-0.25, -0.2) is 0 Å². The van der Waals surface area contributed by atoms with Gasteiger partial charge in [0.15, 0.2) is 0 Å². The van der Waals surface area contributed by atoms with Crippen molar-refractivity contribution in [3.8, 4) is 0 Å². The van der Waals surface area contributed by atoms with E-state index in [9.17, 15) is 0 Å². The van der Waals surface area contributed by atoms with Crippen molar-refractivity contribution in [3.05, 3.63) is 48.0 Å². The summed E-state index contributed by atoms with van der Waals surface area (Å²) in [6.07, 6.45) is 1.20. The largest absolute Gasteiger partial charge is 0.310 e. The van der Waals surface area contributed by atoms with Crippen molar-refractivity contribution in [2.75, 3.05) is 6.54 Å². The van der Waals surface area contributed by atoms with Gasteiger partial charge in [0, 0.05) is 12.6 Å². The summed E-state index contributed by atoms with van der Waals surface area (Å²) in [4.78, 5) is 0. The zero-order valence-corrected chi connectivity index (χ0v) is 12.5. The molecule has 0 fully saturated rings. The number of rotatable bonds is 5. The SMILES string of the molecule is CCC(C)(C)CNC(C)c1ccc2ccccc2c1. The lowest BCUT2D eigenvalue weighted by Crippen LogP contribution is -2.30. The maximum atomic E-state index is 3.65. The molecule has 19 heavy (non-hydrogen) atoms. The number of nitrogens with one attached hydrogen (secondary N) is 1. The first-order chi connectivity index (χ1) is 9.02. The summed E-state index contributed by atoms with van der Waals surface area (Å²) in [5.74, 6) is 0. The summed E-state index contributed by atoms with van der Waals surface area (Å²) in [5.41, 5.74) is 1.73. The summed E-state index contributed by atoms with van der Waals surface area (Å²) in [7, 11) is 0. The Balaban J connectivity index is 2.11. The van der Waals surface area contributed by atoms with Crippen LogP contribution in [0.25, 0.3) is 10.8 Å². The molecule has 0 aliphatic rings. The third kappa shape index (κ3) is 3.57. The van der Waals surface area contributed by atoms with Crippen LogP contribution in [0.4, 0.5) is 0 Å². The van der Waals surface area contributed by atoms with Crippen LogP contribution in [0, 0.1) is 5.41 Å². The summed E-state index contributed by atoms with van der Waals surface area (Å²) in [6, 6.07) is 15.7. The van der Waals surface area contributed by atoms with Gasteiger partial charge < -0.3 is 5.32 Å². The Morgan fingerprint density at radius 2 is 1.74 bits per heavy atom. The topological polar surface area (TPSA) is 12.0 Å². The van der Waals surface area contributed by atoms with Crippen molar-refractivity contribution >= 4 is 10.8 Å². The van der Waals surface area contributed by atoms with E-state index in [1.807, 2.05) is 0 Å². The predicted octanol–water partition coefficient (Wildman–Crippen LogP) is 4.93. The molecule has 2 aromatic rings. The van der Waals surface area contributed by atoms with E-state index < -0.39 is 0 Å². The molecule has 2 aromatic carbocycles. The maximum Gasteiger partial charge on any atom is 0.0292 e. The van der Waals surface area contributed by atoms with E-state index in [0.717, 1.165) is 6.54 Å². The van der Waals surface area contributed by atoms with Gasteiger partial charge in [-0.3, -0.25) is 0 Å². The number of hydrogen-bond acceptors (Lipinski definition) is 1. The van der Waals surface area contributed by atoms with Gasteiger partial charge in [-0.1, -0.05) is 57.2 Å². The van der Waals surface area contributed by atoms with Crippen molar-refractivity contribution in [1.82, 2.24) is 5.32 Å². The molecule has 1 atom stereocenters. The number of benzene rings is 2. The van der Waals surface area contributed by atoms with Gasteiger partial charge >= 0.3 is 0 Å². The standard InChI is InChI=1S/C18H25N/c1-5-18(3,4)13-19-14(2)16-11-10-15-8-6-7-9-17(15)12-16/h6-12,14,19H,5,13H2,1-4H3. The lowest BCUT2D eigenvalue weighted by atomic mass is 9.90. The summed E-state index contributed by atoms with van der Waals surface area (Å²) >= 11 is 0. The van der Waals surface area contributed by atoms with Crippen LogP contribution in [0.2, 0.25) is 0 Å². The van der Waals surface area contributed by atoms with Crippen LogP contribution >= 0.6 is 0 Å². The molecule has 0 aromatic heterocycles. The van der Waals surface area contributed by atoms with E-state index >= 15 is 0 Å². The highest BCUT2D eigenvalue weighted by Gasteiger charge is 2.16. The van der Waals surface area contributed by atoms with E-state index in [2.05, 4.69) is 75.5 Å². The quantitative estimate of drug-likeness (QED) is 0.799. The van der Waals surface area contributed by atoms with Crippen molar-refractivity contribution < 1.29 is 0 Å². The van der Waals surface area contributed by atoms with Gasteiger partial charge in [-0.2, -0.15) is 0 Å². The number of fused-ring (bicyclic) bond motifs is 1. The lowest BCUT2D eigenvalue weighted by molar-refractivity contribution is 0.314. The van der Waals surface area contributed by atoms with Crippen LogP contribution in [-0.2, 0) is 0 Å². The molecule has 102 valence electrons. The lowest BCUT2D eigenvalue weighted by Gasteiger charge is -2.26. The van der Waals surface area contributed by atoms with Crippen LogP contribution in [0.5, 0.6) is 0 Å². The van der Waals surface area contributed by atoms with E-state index in [0.29, 0.717) is 11.5 Å². The number of hydrogen-bond donors (Lipinski definition) is 1. The van der Waals surface area contributed by atoms with Gasteiger partial charge in [-0.05, 0) is 41.2 Å². The molecule has 1 N–H and O–H groups in total. The Morgan fingerprint density at radius 1 is 1.05 bits per heavy atom. The van der Waals surface area contributed by atoms with Crippen molar-refractivity contribution in [3.63, 3.8) is 0 Å². The molecule has 0 aliphatic carbocycles. The van der Waals surface area contributed by atoms with Gasteiger partial charge in [0.1, 0.15) is 0 Å². The molecule has 0 radical (unpaired) electrons. The fraction of sp³-hybridized carbons (Fsp3) is 0.444. The summed E-state index contributed by atoms with van der Waals surface area (Å²) in [6.45, 7) is 10.2. The van der Waals surface area contributed by atoms with Crippen LogP contribution < -0.4 is 5.32 Å². The van der Waals surface area contributed by atoms with E-state index in [1.54, 1.807) is 0 Å². The van der Waals surface area contributed by atoms with Crippen molar-refractivity contribution in [2.24, 2.45) is 5.41 Å². The molecule has 0 amide bonds. The minimum atomic E-state index is 0.366. The van der Waals surface area contributed by atoms with E-state index in [1.165, 1.54) is 22.8 Å². The zero-order valence-electron chi connectivity index (χ0n) is 12.5. The van der Waals surface area contributed by atoms with E-state index in [-0.39, 0.29) is 0 Å². The highest BCUT2D eigenvalue weighted by molar-refractivity contribution is 5.83. The molecule has 1 heteroatoms. The molecule has 0 heterocycles. The van der Waals surface area contributed by atoms with Gasteiger partial charge in [0.05, 0.1) is 0 Å². The second kappa shape index (κ2) is 5.75. The Kier molecular flexibility index (Phi) is 4.26. The Hall–Kier alpha value is -1.34. The average molecular weight is 255 g/mol. The molecule has 0 spiro atoms. The molecule has 0 bridgehead atoms. The van der Waals surface area contributed by atoms with Gasteiger partial charge in [0.2, 0.25) is 0 Å². The normalized spacial score (nSPS) is 13.7. The summed E-state index contributed by atoms with van der Waals surface area (Å²) in [5, 5.41) is 6.29. The minimum absolute atomic E-state index is 0.366. The molecule has 1 nitrogen and oxygen atoms in total. The molecule has 1 unspecified atom stereocenters. The minimum Gasteiger partial charge on any atom is -0.310 e. The van der Waals surface area contributed by atoms with Gasteiger partial charge in [0.25, 0.3) is 0 Å². The van der Waals surface area contributed by atoms with Crippen LogP contribution in [0.15, 0.2) is 42.5 Å². The first kappa shape index (κ1) is 14.1. The van der Waals surface area contributed by atoms with Crippen LogP contribution in [0.1, 0.15) is 45.7 Å². The highest BCUT2D eigenvalue weighted by atomic mass is 14.9. The highest BCUT2D eigenvalue weighted by Crippen LogP contribution is 2.23. The second-order valence-electron chi connectivity index (χ2n) is 6.23. The predicted molar refractivity (Wildman–Crippen MR) is 84.4 cm³/mol. The zero-order chi connectivity index (χ0) is 13.9. The second-order valence-corrected chi connectivity index (χ2v) is 6.23. The van der Waals surface area contributed by atoms with E-state index in [4.69, 9.17) is 0 Å². The van der Waals surface area contributed by atoms with Gasteiger partial charge in [-0.15, -0.1) is 0 Å². The van der Waals surface area contributed by atoms with Crippen LogP contribution in [0.3, 0.4) is 0 Å². The monoisotopic (exact) mass is 255 g/mol. The first-order valence-corrected chi connectivity index (χ1v) is 7.24. The molecule has 0 aliphatic heterocycles. The smallest absolute Gasteiger partial charge is 0.0292 e. The average Bonchev–Trinajstić information content (AvgIpc) is 2.44. The summed E-state index contributed by atoms with van der Waals surface area (Å²) < 4.78 is 0. The fourth-order valence-electron chi connectivity index (χ4n) is 2.15. The third-order valence-corrected chi connectivity index (χ3v) is 4.12. The molecular weight excluding hydrogens is 230 g/mol. The molecular formula is C18H25N. The fourth-order valence-corrected chi connectivity index (χ4v) is 2.15. The maximum absolute atomic E-state index is 3.65. The van der Waals surface area contributed by atoms with Crippen LogP contribution in [-0.4, -0.2) is 6.54 Å². The van der Waals surface area contributed by atoms with Crippen molar-refractivity contribution in [2.45, 2.75) is 40.2 Å². The third-order valence-electron chi connectivity index (χ3n) is 4.12. The Labute approximate surface area is 117 Å². The molecule has 2 rings (SSSR count). The molecule has 0 saturated heterocycles. The van der Waals surface area contributed by atoms with Crippen molar-refractivity contribution in [1.29, 1.82) is 0 Å².